The molecule has 1 atom stereocenters. The molecule has 0 aromatic carbocycles. The van der Waals surface area contributed by atoms with Crippen LogP contribution in [0, 0.1) is 0 Å². The van der Waals surface area contributed by atoms with Crippen molar-refractivity contribution in [3.63, 3.8) is 0 Å². The Bertz CT molecular complexity index is 488. The molecule has 6 heteroatoms. The average Bonchev–Trinajstić information content (AvgIpc) is 2.34. The van der Waals surface area contributed by atoms with Gasteiger partial charge in [0.25, 0.3) is 0 Å². The van der Waals surface area contributed by atoms with Crippen LogP contribution in [0.25, 0.3) is 0 Å². The van der Waals surface area contributed by atoms with Crippen molar-refractivity contribution in [2.24, 2.45) is 0 Å². The van der Waals surface area contributed by atoms with Crippen molar-refractivity contribution in [3.05, 3.63) is 18.3 Å². The molecular weight excluding hydrogens is 246 g/mol. The predicted molar refractivity (Wildman–Crippen MR) is 69.8 cm³/mol. The lowest BCUT2D eigenvalue weighted by Gasteiger charge is -2.23. The average molecular weight is 263 g/mol. The van der Waals surface area contributed by atoms with Crippen molar-refractivity contribution in [2.45, 2.75) is 38.8 Å². The maximum absolute atomic E-state index is 11.7. The summed E-state index contributed by atoms with van der Waals surface area (Å²) in [5, 5.41) is 5.33. The van der Waals surface area contributed by atoms with E-state index >= 15 is 0 Å². The summed E-state index contributed by atoms with van der Waals surface area (Å²) in [5.41, 5.74) is 0. The minimum atomic E-state index is -0.456. The van der Waals surface area contributed by atoms with E-state index in [1.807, 2.05) is 13.8 Å². The molecule has 2 heterocycles. The molecule has 1 fully saturated rings. The normalized spacial score (nSPS) is 19.2. The molecule has 1 saturated heterocycles. The van der Waals surface area contributed by atoms with Crippen molar-refractivity contribution < 1.29 is 14.3 Å². The van der Waals surface area contributed by atoms with E-state index < -0.39 is 6.04 Å². The van der Waals surface area contributed by atoms with Crippen molar-refractivity contribution in [1.82, 2.24) is 10.3 Å². The number of carbonyl (C=O) groups excluding carboxylic acids is 2. The summed E-state index contributed by atoms with van der Waals surface area (Å²) in [4.78, 5) is 26.9. The summed E-state index contributed by atoms with van der Waals surface area (Å²) in [6, 6.07) is 3.11. The number of pyridine rings is 1. The SMILES string of the molecule is CC(C)Oc1cccnc1NC1CCC(=O)NC1=O. The molecule has 1 aromatic rings. The molecule has 1 aromatic heterocycles. The Morgan fingerprint density at radius 1 is 1.47 bits per heavy atom. The highest BCUT2D eigenvalue weighted by Gasteiger charge is 2.27. The van der Waals surface area contributed by atoms with Gasteiger partial charge >= 0.3 is 0 Å². The van der Waals surface area contributed by atoms with Crippen LogP contribution in [-0.2, 0) is 9.59 Å². The first-order valence-corrected chi connectivity index (χ1v) is 6.28. The summed E-state index contributed by atoms with van der Waals surface area (Å²) >= 11 is 0. The van der Waals surface area contributed by atoms with Gasteiger partial charge in [-0.15, -0.1) is 0 Å². The Morgan fingerprint density at radius 3 is 2.95 bits per heavy atom. The van der Waals surface area contributed by atoms with Crippen LogP contribution in [0.5, 0.6) is 5.75 Å². The van der Waals surface area contributed by atoms with E-state index in [-0.39, 0.29) is 17.9 Å². The molecule has 19 heavy (non-hydrogen) atoms. The topological polar surface area (TPSA) is 80.3 Å². The van der Waals surface area contributed by atoms with Crippen LogP contribution in [0.15, 0.2) is 18.3 Å². The number of anilines is 1. The number of piperidine rings is 1. The number of aromatic nitrogens is 1. The summed E-state index contributed by atoms with van der Waals surface area (Å²) < 4.78 is 5.62. The van der Waals surface area contributed by atoms with Gasteiger partial charge in [-0.1, -0.05) is 0 Å². The van der Waals surface area contributed by atoms with Crippen LogP contribution in [0.3, 0.4) is 0 Å². The van der Waals surface area contributed by atoms with E-state index in [1.54, 1.807) is 18.3 Å². The maximum atomic E-state index is 11.7. The monoisotopic (exact) mass is 263 g/mol. The number of ether oxygens (including phenoxy) is 1. The van der Waals surface area contributed by atoms with Gasteiger partial charge in [0.1, 0.15) is 6.04 Å². The third-order valence-electron chi connectivity index (χ3n) is 2.68. The molecule has 0 aliphatic carbocycles. The van der Waals surface area contributed by atoms with E-state index in [2.05, 4.69) is 15.6 Å². The molecule has 6 nitrogen and oxygen atoms in total. The van der Waals surface area contributed by atoms with E-state index in [0.29, 0.717) is 24.4 Å². The van der Waals surface area contributed by atoms with Crippen LogP contribution in [0.2, 0.25) is 0 Å². The first kappa shape index (κ1) is 13.3. The molecule has 0 radical (unpaired) electrons. The van der Waals surface area contributed by atoms with Crippen molar-refractivity contribution in [2.75, 3.05) is 5.32 Å². The molecule has 1 aliphatic heterocycles. The number of hydrogen-bond donors (Lipinski definition) is 2. The number of hydrogen-bond acceptors (Lipinski definition) is 5. The van der Waals surface area contributed by atoms with Gasteiger partial charge in [0.05, 0.1) is 6.10 Å². The number of carbonyl (C=O) groups is 2. The van der Waals surface area contributed by atoms with Crippen LogP contribution >= 0.6 is 0 Å². The summed E-state index contributed by atoms with van der Waals surface area (Å²) in [6.45, 7) is 3.84. The van der Waals surface area contributed by atoms with Gasteiger partial charge in [0.2, 0.25) is 11.8 Å². The lowest BCUT2D eigenvalue weighted by Crippen LogP contribution is -2.47. The summed E-state index contributed by atoms with van der Waals surface area (Å²) in [7, 11) is 0. The van der Waals surface area contributed by atoms with Gasteiger partial charge < -0.3 is 10.1 Å². The Labute approximate surface area is 111 Å². The fourth-order valence-corrected chi connectivity index (χ4v) is 1.84. The maximum Gasteiger partial charge on any atom is 0.249 e. The fraction of sp³-hybridized carbons (Fsp3) is 0.462. The van der Waals surface area contributed by atoms with E-state index in [4.69, 9.17) is 4.74 Å². The van der Waals surface area contributed by atoms with Crippen LogP contribution in [0.4, 0.5) is 5.82 Å². The summed E-state index contributed by atoms with van der Waals surface area (Å²) in [6.07, 6.45) is 2.44. The van der Waals surface area contributed by atoms with Crippen LogP contribution in [0.1, 0.15) is 26.7 Å². The van der Waals surface area contributed by atoms with Crippen LogP contribution in [-0.4, -0.2) is 28.9 Å². The van der Waals surface area contributed by atoms with Crippen LogP contribution < -0.4 is 15.4 Å². The second-order valence-corrected chi connectivity index (χ2v) is 4.66. The fourth-order valence-electron chi connectivity index (χ4n) is 1.84. The third kappa shape index (κ3) is 3.43. The number of imide groups is 1. The van der Waals surface area contributed by atoms with E-state index in [9.17, 15) is 9.59 Å². The molecule has 102 valence electrons. The van der Waals surface area contributed by atoms with Crippen molar-refractivity contribution in [1.29, 1.82) is 0 Å². The first-order valence-electron chi connectivity index (χ1n) is 6.28. The predicted octanol–water partition coefficient (Wildman–Crippen LogP) is 1.09. The highest BCUT2D eigenvalue weighted by molar-refractivity contribution is 6.01. The molecule has 0 spiro atoms. The van der Waals surface area contributed by atoms with Gasteiger partial charge in [0.15, 0.2) is 11.6 Å². The zero-order chi connectivity index (χ0) is 13.8. The molecule has 0 saturated carbocycles. The quantitative estimate of drug-likeness (QED) is 0.795. The molecule has 2 amide bonds. The van der Waals surface area contributed by atoms with Gasteiger partial charge in [-0.25, -0.2) is 4.98 Å². The minimum absolute atomic E-state index is 0.0199. The van der Waals surface area contributed by atoms with E-state index in [1.165, 1.54) is 0 Å². The van der Waals surface area contributed by atoms with Gasteiger partial charge in [0, 0.05) is 12.6 Å². The molecular formula is C13H17N3O3. The largest absolute Gasteiger partial charge is 0.487 e. The standard InChI is InChI=1S/C13H17N3O3/c1-8(2)19-10-4-3-7-14-12(10)15-9-5-6-11(17)16-13(9)18/h3-4,7-9H,5-6H2,1-2H3,(H,14,15)(H,16,17,18). The second-order valence-electron chi connectivity index (χ2n) is 4.66. The number of amides is 2. The number of nitrogens with zero attached hydrogens (tertiary/aromatic N) is 1. The highest BCUT2D eigenvalue weighted by Crippen LogP contribution is 2.24. The van der Waals surface area contributed by atoms with Crippen molar-refractivity contribution >= 4 is 17.6 Å². The summed E-state index contributed by atoms with van der Waals surface area (Å²) in [5.74, 6) is 0.563. The second kappa shape index (κ2) is 5.69. The van der Waals surface area contributed by atoms with Gasteiger partial charge in [-0.3, -0.25) is 14.9 Å². The first-order chi connectivity index (χ1) is 9.06. The minimum Gasteiger partial charge on any atom is -0.487 e. The third-order valence-corrected chi connectivity index (χ3v) is 2.68. The van der Waals surface area contributed by atoms with Crippen molar-refractivity contribution in [3.8, 4) is 5.75 Å². The molecule has 1 aliphatic rings. The number of rotatable bonds is 4. The Balaban J connectivity index is 2.10. The molecule has 2 N–H and O–H groups in total. The smallest absolute Gasteiger partial charge is 0.249 e. The Kier molecular flexibility index (Phi) is 3.99. The highest BCUT2D eigenvalue weighted by atomic mass is 16.5. The zero-order valence-corrected chi connectivity index (χ0v) is 11.0. The Hall–Kier alpha value is -2.11. The van der Waals surface area contributed by atoms with Gasteiger partial charge in [-0.05, 0) is 32.4 Å². The number of nitrogens with one attached hydrogen (secondary N) is 2. The van der Waals surface area contributed by atoms with Gasteiger partial charge in [-0.2, -0.15) is 0 Å². The molecule has 1 unspecified atom stereocenters. The lowest BCUT2D eigenvalue weighted by molar-refractivity contribution is -0.133. The Morgan fingerprint density at radius 2 is 2.26 bits per heavy atom. The van der Waals surface area contributed by atoms with E-state index in [0.717, 1.165) is 0 Å². The molecule has 2 rings (SSSR count). The zero-order valence-electron chi connectivity index (χ0n) is 11.0. The lowest BCUT2D eigenvalue weighted by atomic mass is 10.1. The molecule has 0 bridgehead atoms.